The lowest BCUT2D eigenvalue weighted by molar-refractivity contribution is -0.416. The molecule has 10 heteroatoms. The van der Waals surface area contributed by atoms with Gasteiger partial charge >= 0.3 is 5.97 Å². The molecule has 0 saturated carbocycles. The fourth-order valence-corrected chi connectivity index (χ4v) is 7.64. The van der Waals surface area contributed by atoms with Crippen molar-refractivity contribution < 1.29 is 36.5 Å². The van der Waals surface area contributed by atoms with Crippen LogP contribution in [0.1, 0.15) is 253 Å². The van der Waals surface area contributed by atoms with Gasteiger partial charge in [0, 0.05) is 19.8 Å². The largest absolute Gasteiger partial charge is 0.726 e. The van der Waals surface area contributed by atoms with Gasteiger partial charge in [-0.1, -0.05) is 219 Å². The summed E-state index contributed by atoms with van der Waals surface area (Å²) in [6, 6.07) is 0. The molecule has 0 fully saturated rings. The molecule has 0 rings (SSSR count). The van der Waals surface area contributed by atoms with E-state index in [1.165, 1.54) is 205 Å². The first-order valence-electron chi connectivity index (χ1n) is 23.8. The zero-order valence-corrected chi connectivity index (χ0v) is 39.3. The lowest BCUT2D eigenvalue weighted by atomic mass is 9.88. The smallest absolute Gasteiger partial charge is 0.310 e. The molecule has 342 valence electrons. The van der Waals surface area contributed by atoms with Crippen LogP contribution in [-0.4, -0.2) is 57.1 Å². The van der Waals surface area contributed by atoms with Crippen molar-refractivity contribution >= 4 is 10.4 Å². The summed E-state index contributed by atoms with van der Waals surface area (Å²) in [4.78, 5) is 0. The van der Waals surface area contributed by atoms with Gasteiger partial charge in [0.15, 0.2) is 0 Å². The lowest BCUT2D eigenvalue weighted by Crippen LogP contribution is -2.53. The summed E-state index contributed by atoms with van der Waals surface area (Å²) in [5.74, 6) is -1.20. The van der Waals surface area contributed by atoms with Gasteiger partial charge in [-0.05, 0) is 39.5 Å². The molecule has 0 aliphatic heterocycles. The first-order chi connectivity index (χ1) is 26.7. The van der Waals surface area contributed by atoms with E-state index in [1.54, 1.807) is 0 Å². The van der Waals surface area contributed by atoms with Gasteiger partial charge in [0.2, 0.25) is 10.4 Å². The van der Waals surface area contributed by atoms with Gasteiger partial charge in [0.25, 0.3) is 0 Å². The van der Waals surface area contributed by atoms with Gasteiger partial charge in [-0.3, -0.25) is 4.18 Å². The first kappa shape index (κ1) is 60.0. The predicted molar refractivity (Wildman–Crippen MR) is 238 cm³/mol. The number of hydrogen-bond acceptors (Lipinski definition) is 8. The number of aliphatic hydroxyl groups is 1. The average molecular weight is 826 g/mol. The molecule has 0 bridgehead atoms. The molecule has 1 atom stereocenters. The predicted octanol–water partition coefficient (Wildman–Crippen LogP) is 14.5. The van der Waals surface area contributed by atoms with E-state index >= 15 is 0 Å². The molecule has 56 heavy (non-hydrogen) atoms. The topological polar surface area (TPSA) is 151 Å². The Morgan fingerprint density at radius 3 is 0.821 bits per heavy atom. The van der Waals surface area contributed by atoms with Crippen LogP contribution in [0.3, 0.4) is 0 Å². The van der Waals surface area contributed by atoms with Crippen molar-refractivity contribution in [2.24, 2.45) is 5.92 Å². The number of quaternary nitrogens is 1. The van der Waals surface area contributed by atoms with Crippen molar-refractivity contribution in [3.63, 3.8) is 0 Å². The molecule has 0 saturated heterocycles. The van der Waals surface area contributed by atoms with E-state index in [4.69, 9.17) is 14.2 Å². The molecule has 9 nitrogen and oxygen atoms in total. The number of rotatable bonds is 43. The third kappa shape index (κ3) is 40.4. The summed E-state index contributed by atoms with van der Waals surface area (Å²) in [6.45, 7) is 11.8. The van der Waals surface area contributed by atoms with Crippen LogP contribution >= 0.6 is 0 Å². The maximum atomic E-state index is 11.7. The Morgan fingerprint density at radius 2 is 0.643 bits per heavy atom. The molecule has 0 radical (unpaired) electrons. The molecule has 0 aromatic heterocycles. The fourth-order valence-electron chi connectivity index (χ4n) is 7.64. The van der Waals surface area contributed by atoms with E-state index < -0.39 is 22.5 Å². The standard InChI is InChI=1S/C45H92O4.CH4O4S.H3N/c1-6-11-13-15-17-19-21-23-25-27-29-31-33-35-37-39-41-43(44(46)45(47-8-3,48-9-4)49-10-5)42-40-38-36-34-32-30-28-26-24-22-20-18-16-14-12-7-2;1-5-6(2,3)4;/h43-44,46H,6-42H2,1-5H3;1H3,(H,2,3,4);1H3. The number of hydrogen-bond donors (Lipinski definition) is 2. The second kappa shape index (κ2) is 45.7. The minimum Gasteiger partial charge on any atom is -0.726 e. The van der Waals surface area contributed by atoms with E-state index in [2.05, 4.69) is 18.0 Å². The van der Waals surface area contributed by atoms with E-state index in [0.717, 1.165) is 20.0 Å². The molecule has 1 unspecified atom stereocenters. The van der Waals surface area contributed by atoms with Gasteiger partial charge in [-0.15, -0.1) is 0 Å². The fraction of sp³-hybridized carbons (Fsp3) is 1.00. The number of ether oxygens (including phenoxy) is 3. The average Bonchev–Trinajstić information content (AvgIpc) is 3.16. The lowest BCUT2D eigenvalue weighted by Gasteiger charge is -2.39. The quantitative estimate of drug-likeness (QED) is 0.0267. The summed E-state index contributed by atoms with van der Waals surface area (Å²) in [5.41, 5.74) is 0. The SMILES string of the molecule is CCCCCCCCCCCCCCCCCCC(CCCCCCCCCCCCCCCCCC)C(O)C(OCC)(OCC)OCC.COS(=O)(=O)[O-].[NH4+]. The molecule has 0 aliphatic carbocycles. The Balaban J connectivity index is -0.00000369. The van der Waals surface area contributed by atoms with Crippen molar-refractivity contribution in [2.75, 3.05) is 26.9 Å². The van der Waals surface area contributed by atoms with Crippen LogP contribution < -0.4 is 6.15 Å². The second-order valence-electron chi connectivity index (χ2n) is 15.9. The Kier molecular flexibility index (Phi) is 49.0. The molecule has 0 spiro atoms. The molecule has 0 heterocycles. The maximum absolute atomic E-state index is 11.7. The van der Waals surface area contributed by atoms with Crippen LogP contribution in [0.15, 0.2) is 0 Å². The van der Waals surface area contributed by atoms with Gasteiger partial charge < -0.3 is 30.0 Å². The Labute approximate surface area is 349 Å². The summed E-state index contributed by atoms with van der Waals surface area (Å²) in [7, 11) is -3.60. The van der Waals surface area contributed by atoms with Crippen molar-refractivity contribution in [2.45, 2.75) is 265 Å². The zero-order valence-electron chi connectivity index (χ0n) is 38.5. The van der Waals surface area contributed by atoms with Crippen molar-refractivity contribution in [3.05, 3.63) is 0 Å². The van der Waals surface area contributed by atoms with Crippen molar-refractivity contribution in [1.29, 1.82) is 0 Å². The van der Waals surface area contributed by atoms with Crippen molar-refractivity contribution in [1.82, 2.24) is 6.15 Å². The highest BCUT2D eigenvalue weighted by molar-refractivity contribution is 7.80. The van der Waals surface area contributed by atoms with E-state index in [-0.39, 0.29) is 12.1 Å². The summed E-state index contributed by atoms with van der Waals surface area (Å²) < 4.78 is 49.1. The highest BCUT2D eigenvalue weighted by Crippen LogP contribution is 2.32. The van der Waals surface area contributed by atoms with Crippen LogP contribution in [0.25, 0.3) is 0 Å². The van der Waals surface area contributed by atoms with E-state index in [0.29, 0.717) is 19.8 Å². The molecule has 0 aliphatic rings. The Morgan fingerprint density at radius 1 is 0.446 bits per heavy atom. The van der Waals surface area contributed by atoms with Gasteiger partial charge in [0.05, 0.1) is 7.11 Å². The summed E-state index contributed by atoms with van der Waals surface area (Å²) in [6.07, 6.45) is 45.5. The normalized spacial score (nSPS) is 12.4. The Hall–Kier alpha value is -0.330. The number of aliphatic hydroxyl groups excluding tert-OH is 1. The van der Waals surface area contributed by atoms with Crippen LogP contribution in [0.5, 0.6) is 0 Å². The van der Waals surface area contributed by atoms with Crippen LogP contribution in [0, 0.1) is 5.92 Å². The van der Waals surface area contributed by atoms with Gasteiger partial charge in [0.1, 0.15) is 6.10 Å². The first-order valence-corrected chi connectivity index (χ1v) is 25.1. The maximum Gasteiger partial charge on any atom is 0.310 e. The minimum absolute atomic E-state index is 0. The number of unbranched alkanes of at least 4 members (excludes halogenated alkanes) is 30. The van der Waals surface area contributed by atoms with Crippen LogP contribution in [0.4, 0.5) is 0 Å². The highest BCUT2D eigenvalue weighted by atomic mass is 32.3. The monoisotopic (exact) mass is 826 g/mol. The molecular formula is C46H99NO8S. The summed E-state index contributed by atoms with van der Waals surface area (Å²) in [5, 5.41) is 11.7. The molecular weight excluding hydrogens is 727 g/mol. The minimum atomic E-state index is -4.41. The molecule has 0 aromatic rings. The van der Waals surface area contributed by atoms with E-state index in [9.17, 15) is 18.1 Å². The zero-order chi connectivity index (χ0) is 41.1. The summed E-state index contributed by atoms with van der Waals surface area (Å²) >= 11 is 0. The molecule has 0 aromatic carbocycles. The molecule has 0 amide bonds. The third-order valence-electron chi connectivity index (χ3n) is 10.9. The second-order valence-corrected chi connectivity index (χ2v) is 17.0. The van der Waals surface area contributed by atoms with Gasteiger partial charge in [-0.25, -0.2) is 8.42 Å². The Bertz CT molecular complexity index is 794. The van der Waals surface area contributed by atoms with Gasteiger partial charge in [-0.2, -0.15) is 0 Å². The van der Waals surface area contributed by atoms with Crippen LogP contribution in [-0.2, 0) is 28.8 Å². The third-order valence-corrected chi connectivity index (χ3v) is 11.3. The van der Waals surface area contributed by atoms with Crippen molar-refractivity contribution in [3.8, 4) is 0 Å². The van der Waals surface area contributed by atoms with Crippen LogP contribution in [0.2, 0.25) is 0 Å². The highest BCUT2D eigenvalue weighted by Gasteiger charge is 2.45. The molecule has 5 N–H and O–H groups in total. The van der Waals surface area contributed by atoms with E-state index in [1.807, 2.05) is 20.8 Å².